The van der Waals surface area contributed by atoms with Gasteiger partial charge in [-0.1, -0.05) is 12.1 Å². The van der Waals surface area contributed by atoms with E-state index in [0.29, 0.717) is 30.2 Å². The standard InChI is InChI=1S/C22H28N2O5.C2H2O4/c1-26-17-9-8-16(20(14-17)29-4)15-23-10-12-24(13-11-23)22(25)21-18(27-2)6-5-7-19(21)28-3;3-1(4)2(5)6/h5-9,14H,10-13,15H2,1-4H3;(H,3,4)(H,5,6). The molecule has 0 bridgehead atoms. The first-order valence-corrected chi connectivity index (χ1v) is 10.6. The van der Waals surface area contributed by atoms with Crippen LogP contribution in [0, 0.1) is 0 Å². The Labute approximate surface area is 203 Å². The summed E-state index contributed by atoms with van der Waals surface area (Å²) in [5.41, 5.74) is 1.57. The highest BCUT2D eigenvalue weighted by atomic mass is 16.5. The van der Waals surface area contributed by atoms with E-state index < -0.39 is 11.9 Å². The average Bonchev–Trinajstić information content (AvgIpc) is 2.88. The average molecular weight is 491 g/mol. The van der Waals surface area contributed by atoms with Crippen LogP contribution in [0.3, 0.4) is 0 Å². The summed E-state index contributed by atoms with van der Waals surface area (Å²) in [7, 11) is 6.42. The third-order valence-corrected chi connectivity index (χ3v) is 5.37. The third-order valence-electron chi connectivity index (χ3n) is 5.37. The van der Waals surface area contributed by atoms with Crippen molar-refractivity contribution >= 4 is 17.8 Å². The van der Waals surface area contributed by atoms with Crippen LogP contribution in [0.15, 0.2) is 36.4 Å². The van der Waals surface area contributed by atoms with Crippen molar-refractivity contribution in [2.45, 2.75) is 6.54 Å². The van der Waals surface area contributed by atoms with Crippen molar-refractivity contribution in [1.82, 2.24) is 9.80 Å². The number of amides is 1. The summed E-state index contributed by atoms with van der Waals surface area (Å²) < 4.78 is 21.5. The molecule has 35 heavy (non-hydrogen) atoms. The zero-order chi connectivity index (χ0) is 26.0. The molecule has 1 fully saturated rings. The quantitative estimate of drug-likeness (QED) is 0.554. The lowest BCUT2D eigenvalue weighted by Gasteiger charge is -2.35. The van der Waals surface area contributed by atoms with Gasteiger partial charge in [0, 0.05) is 44.4 Å². The number of methoxy groups -OCH3 is 4. The van der Waals surface area contributed by atoms with Crippen LogP contribution in [0.5, 0.6) is 23.0 Å². The number of carbonyl (C=O) groups excluding carboxylic acids is 1. The summed E-state index contributed by atoms with van der Waals surface area (Å²) >= 11 is 0. The Balaban J connectivity index is 0.000000641. The molecule has 2 aromatic carbocycles. The molecular formula is C24H30N2O9. The number of aliphatic carboxylic acids is 2. The topological polar surface area (TPSA) is 135 Å². The minimum absolute atomic E-state index is 0.0685. The van der Waals surface area contributed by atoms with Gasteiger partial charge in [-0.3, -0.25) is 9.69 Å². The number of rotatable bonds is 7. The highest BCUT2D eigenvalue weighted by Gasteiger charge is 2.27. The van der Waals surface area contributed by atoms with Gasteiger partial charge in [-0.15, -0.1) is 0 Å². The molecule has 1 heterocycles. The number of nitrogens with zero attached hydrogens (tertiary/aromatic N) is 2. The maximum absolute atomic E-state index is 13.1. The van der Waals surface area contributed by atoms with E-state index in [1.165, 1.54) is 0 Å². The van der Waals surface area contributed by atoms with Gasteiger partial charge in [0.25, 0.3) is 5.91 Å². The second-order valence-corrected chi connectivity index (χ2v) is 7.39. The molecule has 1 saturated heterocycles. The molecule has 1 amide bonds. The van der Waals surface area contributed by atoms with Gasteiger partial charge in [0.05, 0.1) is 28.4 Å². The fraction of sp³-hybridized carbons (Fsp3) is 0.375. The van der Waals surface area contributed by atoms with Crippen molar-refractivity contribution in [3.63, 3.8) is 0 Å². The Morgan fingerprint density at radius 1 is 0.771 bits per heavy atom. The Hall–Kier alpha value is -3.99. The van der Waals surface area contributed by atoms with Gasteiger partial charge >= 0.3 is 11.9 Å². The van der Waals surface area contributed by atoms with E-state index in [1.807, 2.05) is 29.2 Å². The Morgan fingerprint density at radius 2 is 1.31 bits per heavy atom. The van der Waals surface area contributed by atoms with Crippen LogP contribution >= 0.6 is 0 Å². The second kappa shape index (κ2) is 13.0. The molecule has 0 spiro atoms. The van der Waals surface area contributed by atoms with Gasteiger partial charge in [-0.2, -0.15) is 0 Å². The lowest BCUT2D eigenvalue weighted by atomic mass is 10.1. The molecule has 2 N–H and O–H groups in total. The van der Waals surface area contributed by atoms with Gasteiger partial charge in [0.2, 0.25) is 0 Å². The van der Waals surface area contributed by atoms with Crippen LogP contribution < -0.4 is 18.9 Å². The molecule has 190 valence electrons. The summed E-state index contributed by atoms with van der Waals surface area (Å²) in [6.07, 6.45) is 0. The van der Waals surface area contributed by atoms with Crippen molar-refractivity contribution in [3.8, 4) is 23.0 Å². The van der Waals surface area contributed by atoms with Gasteiger partial charge in [0.1, 0.15) is 28.6 Å². The number of piperazine rings is 1. The van der Waals surface area contributed by atoms with Gasteiger partial charge in [0.15, 0.2) is 0 Å². The van der Waals surface area contributed by atoms with Gasteiger partial charge < -0.3 is 34.1 Å². The Bertz CT molecular complexity index is 999. The van der Waals surface area contributed by atoms with Crippen LogP contribution in [-0.4, -0.2) is 92.5 Å². The summed E-state index contributed by atoms with van der Waals surface area (Å²) in [4.78, 5) is 35.5. The summed E-state index contributed by atoms with van der Waals surface area (Å²) in [6.45, 7) is 3.58. The van der Waals surface area contributed by atoms with Crippen molar-refractivity contribution < 1.29 is 43.5 Å². The van der Waals surface area contributed by atoms with E-state index in [0.717, 1.165) is 36.7 Å². The fourth-order valence-corrected chi connectivity index (χ4v) is 3.55. The molecule has 0 aromatic heterocycles. The molecule has 11 heteroatoms. The molecule has 1 aliphatic heterocycles. The van der Waals surface area contributed by atoms with E-state index in [4.69, 9.17) is 38.7 Å². The molecule has 0 unspecified atom stereocenters. The normalized spacial score (nSPS) is 13.2. The highest BCUT2D eigenvalue weighted by Crippen LogP contribution is 2.30. The minimum Gasteiger partial charge on any atom is -0.497 e. The molecule has 11 nitrogen and oxygen atoms in total. The summed E-state index contributed by atoms with van der Waals surface area (Å²) in [5.74, 6) is -1.08. The van der Waals surface area contributed by atoms with E-state index >= 15 is 0 Å². The van der Waals surface area contributed by atoms with Crippen LogP contribution in [0.25, 0.3) is 0 Å². The van der Waals surface area contributed by atoms with Crippen molar-refractivity contribution in [2.24, 2.45) is 0 Å². The van der Waals surface area contributed by atoms with Gasteiger partial charge in [-0.25, -0.2) is 9.59 Å². The number of carbonyl (C=O) groups is 3. The third kappa shape index (κ3) is 7.24. The van der Waals surface area contributed by atoms with Crippen LogP contribution in [0.2, 0.25) is 0 Å². The number of carboxylic acid groups (broad SMARTS) is 2. The number of ether oxygens (including phenoxy) is 4. The maximum atomic E-state index is 13.1. The smallest absolute Gasteiger partial charge is 0.414 e. The lowest BCUT2D eigenvalue weighted by molar-refractivity contribution is -0.159. The predicted molar refractivity (Wildman–Crippen MR) is 126 cm³/mol. The highest BCUT2D eigenvalue weighted by molar-refractivity contribution is 6.27. The monoisotopic (exact) mass is 490 g/mol. The van der Waals surface area contributed by atoms with Crippen molar-refractivity contribution in [2.75, 3.05) is 54.6 Å². The molecule has 0 aliphatic carbocycles. The summed E-state index contributed by atoms with van der Waals surface area (Å²) in [5, 5.41) is 14.8. The molecule has 3 rings (SSSR count). The minimum atomic E-state index is -1.82. The largest absolute Gasteiger partial charge is 0.497 e. The number of carboxylic acids is 2. The number of benzene rings is 2. The molecule has 1 aliphatic rings. The summed E-state index contributed by atoms with van der Waals surface area (Å²) in [6, 6.07) is 11.2. The molecule has 0 radical (unpaired) electrons. The van der Waals surface area contributed by atoms with E-state index in [1.54, 1.807) is 40.6 Å². The Kier molecular flexibility index (Phi) is 10.2. The van der Waals surface area contributed by atoms with Crippen LogP contribution in [-0.2, 0) is 16.1 Å². The number of hydrogen-bond donors (Lipinski definition) is 2. The second-order valence-electron chi connectivity index (χ2n) is 7.39. The van der Waals surface area contributed by atoms with Crippen LogP contribution in [0.4, 0.5) is 0 Å². The maximum Gasteiger partial charge on any atom is 0.414 e. The zero-order valence-electron chi connectivity index (χ0n) is 20.1. The predicted octanol–water partition coefficient (Wildman–Crippen LogP) is 1.83. The van der Waals surface area contributed by atoms with E-state index in [-0.39, 0.29) is 5.91 Å². The SMILES string of the molecule is COc1ccc(CN2CCN(C(=O)c3c(OC)cccc3OC)CC2)c(OC)c1.O=C(O)C(=O)O. The van der Waals surface area contributed by atoms with E-state index in [2.05, 4.69) is 4.90 Å². The number of hydrogen-bond acceptors (Lipinski definition) is 8. The molecule has 0 atom stereocenters. The molecular weight excluding hydrogens is 460 g/mol. The van der Waals surface area contributed by atoms with Crippen LogP contribution in [0.1, 0.15) is 15.9 Å². The molecule has 2 aromatic rings. The lowest BCUT2D eigenvalue weighted by Crippen LogP contribution is -2.48. The Morgan fingerprint density at radius 3 is 1.77 bits per heavy atom. The fourth-order valence-electron chi connectivity index (χ4n) is 3.55. The first-order chi connectivity index (χ1) is 16.7. The van der Waals surface area contributed by atoms with Crippen molar-refractivity contribution in [1.29, 1.82) is 0 Å². The van der Waals surface area contributed by atoms with Gasteiger partial charge in [-0.05, 0) is 18.2 Å². The van der Waals surface area contributed by atoms with E-state index in [9.17, 15) is 4.79 Å². The zero-order valence-corrected chi connectivity index (χ0v) is 20.1. The first-order valence-electron chi connectivity index (χ1n) is 10.6. The molecule has 0 saturated carbocycles. The van der Waals surface area contributed by atoms with Crippen molar-refractivity contribution in [3.05, 3.63) is 47.5 Å². The first kappa shape index (κ1) is 27.3.